The second-order valence-electron chi connectivity index (χ2n) is 5.40. The summed E-state index contributed by atoms with van der Waals surface area (Å²) in [6.07, 6.45) is 4.14. The van der Waals surface area contributed by atoms with Crippen LogP contribution in [-0.2, 0) is 5.54 Å². The average molecular weight is 275 g/mol. The molecule has 5 nitrogen and oxygen atoms in total. The summed E-state index contributed by atoms with van der Waals surface area (Å²) >= 11 is 1.63. The van der Waals surface area contributed by atoms with E-state index in [2.05, 4.69) is 34.1 Å². The SMILES string of the molecule is CC(C)(Nc1cc(N)nc(C2CC2)n1)c1nccs1. The van der Waals surface area contributed by atoms with Gasteiger partial charge in [-0.3, -0.25) is 0 Å². The van der Waals surface area contributed by atoms with Crippen LogP contribution in [0, 0.1) is 0 Å². The topological polar surface area (TPSA) is 76.7 Å². The van der Waals surface area contributed by atoms with Crippen molar-refractivity contribution in [3.8, 4) is 0 Å². The van der Waals surface area contributed by atoms with E-state index in [0.29, 0.717) is 11.7 Å². The lowest BCUT2D eigenvalue weighted by Crippen LogP contribution is -2.28. The summed E-state index contributed by atoms with van der Waals surface area (Å²) in [5.41, 5.74) is 5.59. The molecule has 3 N–H and O–H groups in total. The Morgan fingerprint density at radius 3 is 2.79 bits per heavy atom. The summed E-state index contributed by atoms with van der Waals surface area (Å²) in [7, 11) is 0. The summed E-state index contributed by atoms with van der Waals surface area (Å²) in [6, 6.07) is 1.78. The molecule has 0 amide bonds. The van der Waals surface area contributed by atoms with Crippen molar-refractivity contribution >= 4 is 23.0 Å². The molecule has 0 aromatic carbocycles. The Bertz CT molecular complexity index is 575. The first-order chi connectivity index (χ1) is 9.04. The van der Waals surface area contributed by atoms with Gasteiger partial charge in [0.1, 0.15) is 22.5 Å². The maximum atomic E-state index is 5.86. The quantitative estimate of drug-likeness (QED) is 0.897. The normalized spacial score (nSPS) is 15.5. The Morgan fingerprint density at radius 1 is 1.37 bits per heavy atom. The van der Waals surface area contributed by atoms with Crippen molar-refractivity contribution in [2.24, 2.45) is 0 Å². The van der Waals surface area contributed by atoms with Gasteiger partial charge in [-0.05, 0) is 26.7 Å². The summed E-state index contributed by atoms with van der Waals surface area (Å²) < 4.78 is 0. The zero-order chi connectivity index (χ0) is 13.5. The van der Waals surface area contributed by atoms with E-state index in [1.165, 1.54) is 12.8 Å². The number of hydrogen-bond acceptors (Lipinski definition) is 6. The van der Waals surface area contributed by atoms with Crippen LogP contribution in [0.1, 0.15) is 43.4 Å². The molecule has 2 aromatic rings. The highest BCUT2D eigenvalue weighted by Crippen LogP contribution is 2.39. The molecule has 1 saturated carbocycles. The lowest BCUT2D eigenvalue weighted by molar-refractivity contribution is 0.600. The third kappa shape index (κ3) is 2.68. The summed E-state index contributed by atoms with van der Waals surface area (Å²) in [5, 5.41) is 6.40. The van der Waals surface area contributed by atoms with Crippen molar-refractivity contribution in [3.63, 3.8) is 0 Å². The van der Waals surface area contributed by atoms with Crippen LogP contribution >= 0.6 is 11.3 Å². The molecule has 19 heavy (non-hydrogen) atoms. The molecule has 100 valence electrons. The van der Waals surface area contributed by atoms with Gasteiger partial charge >= 0.3 is 0 Å². The van der Waals surface area contributed by atoms with Crippen molar-refractivity contribution in [1.82, 2.24) is 15.0 Å². The van der Waals surface area contributed by atoms with Gasteiger partial charge in [0.05, 0.1) is 5.54 Å². The predicted octanol–water partition coefficient (Wildman–Crippen LogP) is 2.74. The Morgan fingerprint density at radius 2 is 2.16 bits per heavy atom. The molecule has 1 aliphatic rings. The van der Waals surface area contributed by atoms with Gasteiger partial charge in [-0.2, -0.15) is 0 Å². The number of nitrogens with one attached hydrogen (secondary N) is 1. The first kappa shape index (κ1) is 12.3. The van der Waals surface area contributed by atoms with Crippen molar-refractivity contribution in [2.75, 3.05) is 11.1 Å². The van der Waals surface area contributed by atoms with Gasteiger partial charge in [-0.1, -0.05) is 0 Å². The van der Waals surface area contributed by atoms with Crippen LogP contribution < -0.4 is 11.1 Å². The Balaban J connectivity index is 1.86. The number of rotatable bonds is 4. The Kier molecular flexibility index (Phi) is 2.89. The Labute approximate surface area is 116 Å². The van der Waals surface area contributed by atoms with Gasteiger partial charge in [-0.25, -0.2) is 15.0 Å². The molecule has 2 aromatic heterocycles. The van der Waals surface area contributed by atoms with Crippen molar-refractivity contribution in [2.45, 2.75) is 38.1 Å². The first-order valence-electron chi connectivity index (χ1n) is 6.37. The van der Waals surface area contributed by atoms with Gasteiger partial charge in [0.25, 0.3) is 0 Å². The molecule has 0 atom stereocenters. The van der Waals surface area contributed by atoms with Crippen LogP contribution in [0.4, 0.5) is 11.6 Å². The molecule has 3 rings (SSSR count). The lowest BCUT2D eigenvalue weighted by atomic mass is 10.1. The van der Waals surface area contributed by atoms with Crippen molar-refractivity contribution in [3.05, 3.63) is 28.5 Å². The average Bonchev–Trinajstić information content (AvgIpc) is 3.02. The number of nitrogen functional groups attached to an aromatic ring is 1. The second kappa shape index (κ2) is 4.45. The van der Waals surface area contributed by atoms with Crippen LogP contribution in [0.15, 0.2) is 17.6 Å². The Hall–Kier alpha value is -1.69. The van der Waals surface area contributed by atoms with E-state index >= 15 is 0 Å². The van der Waals surface area contributed by atoms with E-state index in [9.17, 15) is 0 Å². The van der Waals surface area contributed by atoms with Crippen molar-refractivity contribution < 1.29 is 0 Å². The van der Waals surface area contributed by atoms with E-state index in [1.54, 1.807) is 17.4 Å². The van der Waals surface area contributed by atoms with E-state index in [-0.39, 0.29) is 5.54 Å². The van der Waals surface area contributed by atoms with Crippen molar-refractivity contribution in [1.29, 1.82) is 0 Å². The summed E-state index contributed by atoms with van der Waals surface area (Å²) in [6.45, 7) is 4.17. The molecule has 0 bridgehead atoms. The number of anilines is 2. The molecule has 2 heterocycles. The fourth-order valence-corrected chi connectivity index (χ4v) is 2.70. The fourth-order valence-electron chi connectivity index (χ4n) is 1.98. The number of nitrogens with two attached hydrogens (primary N) is 1. The van der Waals surface area contributed by atoms with Gasteiger partial charge in [0.15, 0.2) is 0 Å². The standard InChI is InChI=1S/C13H17N5S/c1-13(2,12-15-5-6-19-12)18-10-7-9(14)16-11(17-10)8-3-4-8/h5-8H,3-4H2,1-2H3,(H3,14,16,17,18). The third-order valence-electron chi connectivity index (χ3n) is 3.11. The minimum Gasteiger partial charge on any atom is -0.384 e. The highest BCUT2D eigenvalue weighted by atomic mass is 32.1. The highest BCUT2D eigenvalue weighted by Gasteiger charge is 2.28. The lowest BCUT2D eigenvalue weighted by Gasteiger charge is -2.24. The zero-order valence-electron chi connectivity index (χ0n) is 11.1. The van der Waals surface area contributed by atoms with E-state index < -0.39 is 0 Å². The number of nitrogens with zero attached hydrogens (tertiary/aromatic N) is 3. The zero-order valence-corrected chi connectivity index (χ0v) is 11.9. The predicted molar refractivity (Wildman–Crippen MR) is 77.2 cm³/mol. The molecule has 0 saturated heterocycles. The molecule has 0 spiro atoms. The molecule has 6 heteroatoms. The van der Waals surface area contributed by atoms with Gasteiger partial charge in [0, 0.05) is 23.6 Å². The third-order valence-corrected chi connectivity index (χ3v) is 4.21. The smallest absolute Gasteiger partial charge is 0.136 e. The first-order valence-corrected chi connectivity index (χ1v) is 7.25. The molecule has 1 aliphatic carbocycles. The highest BCUT2D eigenvalue weighted by molar-refractivity contribution is 7.09. The molecular weight excluding hydrogens is 258 g/mol. The largest absolute Gasteiger partial charge is 0.384 e. The molecule has 1 fully saturated rings. The van der Waals surface area contributed by atoms with Gasteiger partial charge < -0.3 is 11.1 Å². The number of aromatic nitrogens is 3. The van der Waals surface area contributed by atoms with Crippen LogP contribution in [0.25, 0.3) is 0 Å². The summed E-state index contributed by atoms with van der Waals surface area (Å²) in [5.74, 6) is 2.65. The van der Waals surface area contributed by atoms with E-state index in [4.69, 9.17) is 5.73 Å². The fraction of sp³-hybridized carbons (Fsp3) is 0.462. The monoisotopic (exact) mass is 275 g/mol. The molecule has 0 aliphatic heterocycles. The second-order valence-corrected chi connectivity index (χ2v) is 6.29. The van der Waals surface area contributed by atoms with Crippen LogP contribution in [0.3, 0.4) is 0 Å². The number of thiazole rings is 1. The maximum absolute atomic E-state index is 5.86. The summed E-state index contributed by atoms with van der Waals surface area (Å²) in [4.78, 5) is 13.2. The molecule has 0 radical (unpaired) electrons. The minimum absolute atomic E-state index is 0.268. The van der Waals surface area contributed by atoms with Crippen LogP contribution in [0.5, 0.6) is 0 Å². The minimum atomic E-state index is -0.268. The van der Waals surface area contributed by atoms with Crippen LogP contribution in [-0.4, -0.2) is 15.0 Å². The number of hydrogen-bond donors (Lipinski definition) is 2. The van der Waals surface area contributed by atoms with E-state index in [0.717, 1.165) is 16.6 Å². The maximum Gasteiger partial charge on any atom is 0.136 e. The molecular formula is C13H17N5S. The molecule has 0 unspecified atom stereocenters. The van der Waals surface area contributed by atoms with Gasteiger partial charge in [-0.15, -0.1) is 11.3 Å². The van der Waals surface area contributed by atoms with Crippen LogP contribution in [0.2, 0.25) is 0 Å². The van der Waals surface area contributed by atoms with E-state index in [1.807, 2.05) is 11.6 Å². The van der Waals surface area contributed by atoms with Gasteiger partial charge in [0.2, 0.25) is 0 Å².